The molecule has 0 fully saturated rings. The summed E-state index contributed by atoms with van der Waals surface area (Å²) >= 11 is 0. The van der Waals surface area contributed by atoms with Crippen molar-refractivity contribution >= 4 is 0 Å². The number of rotatable bonds is 4. The van der Waals surface area contributed by atoms with Gasteiger partial charge in [-0.25, -0.2) is 0 Å². The van der Waals surface area contributed by atoms with Crippen molar-refractivity contribution in [3.63, 3.8) is 0 Å². The maximum absolute atomic E-state index is 10.0. The van der Waals surface area contributed by atoms with Crippen LogP contribution < -0.4 is 10.1 Å². The lowest BCUT2D eigenvalue weighted by molar-refractivity contribution is 0.403. The van der Waals surface area contributed by atoms with Crippen LogP contribution in [0.4, 0.5) is 0 Å². The minimum absolute atomic E-state index is 0.283. The molecule has 0 radical (unpaired) electrons. The van der Waals surface area contributed by atoms with E-state index in [4.69, 9.17) is 4.74 Å². The highest BCUT2D eigenvalue weighted by atomic mass is 16.5. The number of aromatic hydroxyl groups is 1. The zero-order chi connectivity index (χ0) is 14.7. The number of methoxy groups -OCH3 is 1. The van der Waals surface area contributed by atoms with E-state index in [2.05, 4.69) is 29.6 Å². The molecule has 1 atom stereocenters. The standard InChI is InChI=1S/C18H21NO2/c1-21-15-10-9-14(18(20)11-15)12-19-17-8-4-6-13-5-2-3-7-16(13)17/h2-3,5,7,9-11,17,19-20H,4,6,8,12H2,1H3. The number of aryl methyl sites for hydroxylation is 1. The molecule has 0 aromatic heterocycles. The lowest BCUT2D eigenvalue weighted by Crippen LogP contribution is -2.24. The predicted molar refractivity (Wildman–Crippen MR) is 83.6 cm³/mol. The van der Waals surface area contributed by atoms with Crippen LogP contribution >= 0.6 is 0 Å². The van der Waals surface area contributed by atoms with Gasteiger partial charge in [0.2, 0.25) is 0 Å². The maximum atomic E-state index is 10.0. The lowest BCUT2D eigenvalue weighted by atomic mass is 9.87. The van der Waals surface area contributed by atoms with Gasteiger partial charge in [-0.15, -0.1) is 0 Å². The summed E-state index contributed by atoms with van der Waals surface area (Å²) in [6.45, 7) is 0.662. The van der Waals surface area contributed by atoms with Gasteiger partial charge in [-0.3, -0.25) is 0 Å². The van der Waals surface area contributed by atoms with Crippen LogP contribution in [0.1, 0.15) is 35.6 Å². The molecule has 2 aromatic rings. The van der Waals surface area contributed by atoms with E-state index in [0.717, 1.165) is 12.0 Å². The van der Waals surface area contributed by atoms with Crippen LogP contribution in [0.2, 0.25) is 0 Å². The van der Waals surface area contributed by atoms with Crippen molar-refractivity contribution in [3.05, 3.63) is 59.2 Å². The van der Waals surface area contributed by atoms with Crippen molar-refractivity contribution in [3.8, 4) is 11.5 Å². The predicted octanol–water partition coefficient (Wildman–Crippen LogP) is 3.57. The van der Waals surface area contributed by atoms with Gasteiger partial charge >= 0.3 is 0 Å². The second-order valence-electron chi connectivity index (χ2n) is 5.52. The molecular formula is C18H21NO2. The Morgan fingerprint density at radius 3 is 2.90 bits per heavy atom. The highest BCUT2D eigenvalue weighted by Crippen LogP contribution is 2.30. The van der Waals surface area contributed by atoms with Crippen LogP contribution in [-0.2, 0) is 13.0 Å². The fourth-order valence-electron chi connectivity index (χ4n) is 3.02. The minimum atomic E-state index is 0.283. The highest BCUT2D eigenvalue weighted by molar-refractivity contribution is 5.40. The topological polar surface area (TPSA) is 41.5 Å². The number of fused-ring (bicyclic) bond motifs is 1. The number of ether oxygens (including phenoxy) is 1. The Bertz CT molecular complexity index is 624. The molecule has 0 saturated heterocycles. The summed E-state index contributed by atoms with van der Waals surface area (Å²) in [6.07, 6.45) is 3.53. The molecule has 2 aromatic carbocycles. The number of hydrogen-bond donors (Lipinski definition) is 2. The van der Waals surface area contributed by atoms with E-state index >= 15 is 0 Å². The molecule has 0 bridgehead atoms. The molecule has 0 aliphatic heterocycles. The molecule has 0 amide bonds. The van der Waals surface area contributed by atoms with E-state index in [1.807, 2.05) is 12.1 Å². The molecule has 0 saturated carbocycles. The number of phenols is 1. The van der Waals surface area contributed by atoms with Crippen LogP contribution in [-0.4, -0.2) is 12.2 Å². The van der Waals surface area contributed by atoms with E-state index in [9.17, 15) is 5.11 Å². The average Bonchev–Trinajstić information content (AvgIpc) is 2.53. The third-order valence-corrected chi connectivity index (χ3v) is 4.20. The molecule has 110 valence electrons. The van der Waals surface area contributed by atoms with Gasteiger partial charge in [-0.1, -0.05) is 30.3 Å². The van der Waals surface area contributed by atoms with E-state index in [1.165, 1.54) is 24.0 Å². The first-order chi connectivity index (χ1) is 10.3. The summed E-state index contributed by atoms with van der Waals surface area (Å²) < 4.78 is 5.11. The van der Waals surface area contributed by atoms with Crippen molar-refractivity contribution < 1.29 is 9.84 Å². The number of hydrogen-bond acceptors (Lipinski definition) is 3. The summed E-state index contributed by atoms with van der Waals surface area (Å²) in [5, 5.41) is 13.6. The zero-order valence-corrected chi connectivity index (χ0v) is 12.3. The van der Waals surface area contributed by atoms with Crippen LogP contribution in [0, 0.1) is 0 Å². The summed E-state index contributed by atoms with van der Waals surface area (Å²) in [5.41, 5.74) is 3.75. The molecule has 1 aliphatic rings. The van der Waals surface area contributed by atoms with Gasteiger partial charge in [0.05, 0.1) is 7.11 Å². The first-order valence-electron chi connectivity index (χ1n) is 7.45. The largest absolute Gasteiger partial charge is 0.507 e. The zero-order valence-electron chi connectivity index (χ0n) is 12.3. The molecule has 1 unspecified atom stereocenters. The fourth-order valence-corrected chi connectivity index (χ4v) is 3.02. The molecule has 2 N–H and O–H groups in total. The molecule has 3 rings (SSSR count). The number of benzene rings is 2. The van der Waals surface area contributed by atoms with Gasteiger partial charge in [0.1, 0.15) is 11.5 Å². The minimum Gasteiger partial charge on any atom is -0.507 e. The van der Waals surface area contributed by atoms with E-state index in [-0.39, 0.29) is 5.75 Å². The average molecular weight is 283 g/mol. The third kappa shape index (κ3) is 3.03. The van der Waals surface area contributed by atoms with Crippen LogP contribution in [0.3, 0.4) is 0 Å². The first kappa shape index (κ1) is 14.0. The Morgan fingerprint density at radius 1 is 1.24 bits per heavy atom. The fraction of sp³-hybridized carbons (Fsp3) is 0.333. The van der Waals surface area contributed by atoms with Crippen molar-refractivity contribution in [2.75, 3.05) is 7.11 Å². The van der Waals surface area contributed by atoms with Gasteiger partial charge in [0, 0.05) is 24.2 Å². The van der Waals surface area contributed by atoms with Crippen molar-refractivity contribution in [2.45, 2.75) is 31.8 Å². The maximum Gasteiger partial charge on any atom is 0.123 e. The second kappa shape index (κ2) is 6.19. The lowest BCUT2D eigenvalue weighted by Gasteiger charge is -2.26. The third-order valence-electron chi connectivity index (χ3n) is 4.20. The Labute approximate surface area is 125 Å². The van der Waals surface area contributed by atoms with Gasteiger partial charge < -0.3 is 15.2 Å². The van der Waals surface area contributed by atoms with Gasteiger partial charge in [0.15, 0.2) is 0 Å². The first-order valence-corrected chi connectivity index (χ1v) is 7.45. The number of nitrogens with one attached hydrogen (secondary N) is 1. The monoisotopic (exact) mass is 283 g/mol. The van der Waals surface area contributed by atoms with Crippen molar-refractivity contribution in [1.29, 1.82) is 0 Å². The molecule has 21 heavy (non-hydrogen) atoms. The van der Waals surface area contributed by atoms with Gasteiger partial charge in [-0.2, -0.15) is 0 Å². The Kier molecular flexibility index (Phi) is 4.11. The van der Waals surface area contributed by atoms with Crippen LogP contribution in [0.15, 0.2) is 42.5 Å². The van der Waals surface area contributed by atoms with Gasteiger partial charge in [-0.05, 0) is 36.5 Å². The normalized spacial score (nSPS) is 17.3. The van der Waals surface area contributed by atoms with E-state index in [1.54, 1.807) is 13.2 Å². The van der Waals surface area contributed by atoms with E-state index in [0.29, 0.717) is 18.3 Å². The molecule has 1 aliphatic carbocycles. The molecule has 3 heteroatoms. The summed E-state index contributed by atoms with van der Waals surface area (Å²) in [4.78, 5) is 0. The molecule has 0 heterocycles. The summed E-state index contributed by atoms with van der Waals surface area (Å²) in [7, 11) is 1.60. The Morgan fingerprint density at radius 2 is 2.10 bits per heavy atom. The van der Waals surface area contributed by atoms with Gasteiger partial charge in [0.25, 0.3) is 0 Å². The van der Waals surface area contributed by atoms with Crippen LogP contribution in [0.25, 0.3) is 0 Å². The molecular weight excluding hydrogens is 262 g/mol. The Hall–Kier alpha value is -2.00. The quantitative estimate of drug-likeness (QED) is 0.901. The Balaban J connectivity index is 1.71. The summed E-state index contributed by atoms with van der Waals surface area (Å²) in [6, 6.07) is 14.5. The van der Waals surface area contributed by atoms with E-state index < -0.39 is 0 Å². The molecule has 3 nitrogen and oxygen atoms in total. The van der Waals surface area contributed by atoms with Crippen molar-refractivity contribution in [1.82, 2.24) is 5.32 Å². The van der Waals surface area contributed by atoms with Crippen molar-refractivity contribution in [2.24, 2.45) is 0 Å². The smallest absolute Gasteiger partial charge is 0.123 e. The van der Waals surface area contributed by atoms with Crippen LogP contribution in [0.5, 0.6) is 11.5 Å². The number of phenolic OH excluding ortho intramolecular Hbond substituents is 1. The second-order valence-corrected chi connectivity index (χ2v) is 5.52. The molecule has 0 spiro atoms. The summed E-state index contributed by atoms with van der Waals surface area (Å²) in [5.74, 6) is 0.963. The highest BCUT2D eigenvalue weighted by Gasteiger charge is 2.19. The SMILES string of the molecule is COc1ccc(CNC2CCCc3ccccc32)c(O)c1.